The molecule has 5 heteroatoms. The van der Waals surface area contributed by atoms with Crippen LogP contribution in [0, 0.1) is 0 Å². The lowest BCUT2D eigenvalue weighted by molar-refractivity contribution is 0.231. The molecule has 1 unspecified atom stereocenters. The number of aliphatic hydroxyl groups excluding tert-OH is 1. The molecule has 0 spiro atoms. The van der Waals surface area contributed by atoms with Gasteiger partial charge in [-0.05, 0) is 19.9 Å². The van der Waals surface area contributed by atoms with Gasteiger partial charge in [0.05, 0.1) is 24.7 Å². The Kier molecular flexibility index (Phi) is 4.74. The molecule has 0 aromatic carbocycles. The van der Waals surface area contributed by atoms with Gasteiger partial charge in [-0.3, -0.25) is 0 Å². The van der Waals surface area contributed by atoms with Gasteiger partial charge in [0.1, 0.15) is 0 Å². The summed E-state index contributed by atoms with van der Waals surface area (Å²) in [5.74, 6) is 0. The first-order chi connectivity index (χ1) is 8.72. The number of nitrogens with two attached hydrogens (primary N) is 1. The van der Waals surface area contributed by atoms with E-state index in [0.717, 1.165) is 24.8 Å². The van der Waals surface area contributed by atoms with Crippen LogP contribution in [0.5, 0.6) is 0 Å². The highest BCUT2D eigenvalue weighted by Crippen LogP contribution is 2.22. The number of imidazole rings is 1. The van der Waals surface area contributed by atoms with E-state index >= 15 is 0 Å². The lowest BCUT2D eigenvalue weighted by atomic mass is 10.2. The van der Waals surface area contributed by atoms with E-state index in [4.69, 9.17) is 10.8 Å². The maximum absolute atomic E-state index is 9.10. The summed E-state index contributed by atoms with van der Waals surface area (Å²) < 4.78 is 2.05. The third-order valence-corrected chi connectivity index (χ3v) is 3.96. The molecule has 0 saturated heterocycles. The zero-order valence-corrected chi connectivity index (χ0v) is 11.1. The molecule has 0 bridgehead atoms. The Bertz CT molecular complexity index is 360. The largest absolute Gasteiger partial charge is 0.394 e. The van der Waals surface area contributed by atoms with Crippen molar-refractivity contribution in [3.8, 4) is 0 Å². The second-order valence-electron chi connectivity index (χ2n) is 5.22. The van der Waals surface area contributed by atoms with Crippen molar-refractivity contribution in [1.82, 2.24) is 14.5 Å². The second-order valence-corrected chi connectivity index (χ2v) is 5.22. The van der Waals surface area contributed by atoms with E-state index in [1.54, 1.807) is 12.5 Å². The van der Waals surface area contributed by atoms with Gasteiger partial charge in [0, 0.05) is 25.3 Å². The van der Waals surface area contributed by atoms with Gasteiger partial charge < -0.3 is 20.3 Å². The molecule has 0 aliphatic heterocycles. The SMILES string of the molecule is CN(CCn1cncc1C(N)CO)C1CCCC1. The number of nitrogens with zero attached hydrogens (tertiary/aromatic N) is 3. The summed E-state index contributed by atoms with van der Waals surface area (Å²) >= 11 is 0. The quantitative estimate of drug-likeness (QED) is 0.784. The molecule has 1 aliphatic carbocycles. The van der Waals surface area contributed by atoms with Crippen LogP contribution in [0.15, 0.2) is 12.5 Å². The first-order valence-electron chi connectivity index (χ1n) is 6.79. The molecular weight excluding hydrogens is 228 g/mol. The molecule has 1 aliphatic rings. The topological polar surface area (TPSA) is 67.3 Å². The summed E-state index contributed by atoms with van der Waals surface area (Å²) in [4.78, 5) is 6.55. The third kappa shape index (κ3) is 3.10. The molecule has 0 radical (unpaired) electrons. The summed E-state index contributed by atoms with van der Waals surface area (Å²) in [6.45, 7) is 1.85. The van der Waals surface area contributed by atoms with Gasteiger partial charge in [-0.2, -0.15) is 0 Å². The lowest BCUT2D eigenvalue weighted by Crippen LogP contribution is -2.32. The summed E-state index contributed by atoms with van der Waals surface area (Å²) in [6.07, 6.45) is 8.91. The van der Waals surface area contributed by atoms with E-state index in [1.165, 1.54) is 25.7 Å². The van der Waals surface area contributed by atoms with Crippen LogP contribution >= 0.6 is 0 Å². The first kappa shape index (κ1) is 13.5. The van der Waals surface area contributed by atoms with Crippen molar-refractivity contribution in [1.29, 1.82) is 0 Å². The Morgan fingerprint density at radius 1 is 1.56 bits per heavy atom. The average molecular weight is 252 g/mol. The van der Waals surface area contributed by atoms with Crippen LogP contribution in [0.25, 0.3) is 0 Å². The van der Waals surface area contributed by atoms with E-state index in [1.807, 2.05) is 4.57 Å². The molecule has 1 fully saturated rings. The Morgan fingerprint density at radius 3 is 2.94 bits per heavy atom. The first-order valence-corrected chi connectivity index (χ1v) is 6.79. The molecule has 5 nitrogen and oxygen atoms in total. The van der Waals surface area contributed by atoms with Crippen molar-refractivity contribution >= 4 is 0 Å². The van der Waals surface area contributed by atoms with Crippen molar-refractivity contribution in [2.24, 2.45) is 5.73 Å². The summed E-state index contributed by atoms with van der Waals surface area (Å²) in [5, 5.41) is 9.10. The van der Waals surface area contributed by atoms with Crippen LogP contribution in [0.2, 0.25) is 0 Å². The summed E-state index contributed by atoms with van der Waals surface area (Å²) in [7, 11) is 2.19. The van der Waals surface area contributed by atoms with Crippen molar-refractivity contribution in [3.63, 3.8) is 0 Å². The Labute approximate surface area is 109 Å². The molecule has 102 valence electrons. The Hall–Kier alpha value is -0.910. The van der Waals surface area contributed by atoms with Crippen molar-refractivity contribution in [3.05, 3.63) is 18.2 Å². The number of rotatable bonds is 6. The van der Waals surface area contributed by atoms with Crippen molar-refractivity contribution in [2.45, 2.75) is 44.3 Å². The van der Waals surface area contributed by atoms with Crippen molar-refractivity contribution < 1.29 is 5.11 Å². The van der Waals surface area contributed by atoms with E-state index in [2.05, 4.69) is 16.9 Å². The molecule has 0 amide bonds. The van der Waals surface area contributed by atoms with Gasteiger partial charge >= 0.3 is 0 Å². The fourth-order valence-electron chi connectivity index (χ4n) is 2.71. The fraction of sp³-hybridized carbons (Fsp3) is 0.769. The molecule has 1 saturated carbocycles. The summed E-state index contributed by atoms with van der Waals surface area (Å²) in [5.41, 5.74) is 6.76. The van der Waals surface area contributed by atoms with Gasteiger partial charge in [0.25, 0.3) is 0 Å². The minimum atomic E-state index is -0.329. The van der Waals surface area contributed by atoms with E-state index in [0.29, 0.717) is 0 Å². The number of aromatic nitrogens is 2. The van der Waals surface area contributed by atoms with Crippen LogP contribution in [0.1, 0.15) is 37.4 Å². The normalized spacial score (nSPS) is 18.7. The molecule has 2 rings (SSSR count). The molecule has 1 aromatic heterocycles. The maximum atomic E-state index is 9.10. The van der Waals surface area contributed by atoms with Crippen LogP contribution in [-0.2, 0) is 6.54 Å². The van der Waals surface area contributed by atoms with Crippen LogP contribution < -0.4 is 5.73 Å². The molecule has 1 aromatic rings. The number of aliphatic hydroxyl groups is 1. The number of hydrogen-bond donors (Lipinski definition) is 2. The molecular formula is C13H24N4O. The van der Waals surface area contributed by atoms with Crippen LogP contribution in [-0.4, -0.2) is 45.8 Å². The summed E-state index contributed by atoms with van der Waals surface area (Å²) in [6, 6.07) is 0.410. The smallest absolute Gasteiger partial charge is 0.0949 e. The number of hydrogen-bond acceptors (Lipinski definition) is 4. The lowest BCUT2D eigenvalue weighted by Gasteiger charge is -2.24. The van der Waals surface area contributed by atoms with Gasteiger partial charge in [-0.25, -0.2) is 4.98 Å². The predicted molar refractivity (Wildman–Crippen MR) is 71.1 cm³/mol. The highest BCUT2D eigenvalue weighted by molar-refractivity contribution is 5.04. The van der Waals surface area contributed by atoms with E-state index < -0.39 is 0 Å². The zero-order chi connectivity index (χ0) is 13.0. The van der Waals surface area contributed by atoms with Gasteiger partial charge in [-0.1, -0.05) is 12.8 Å². The Balaban J connectivity index is 1.87. The van der Waals surface area contributed by atoms with E-state index in [9.17, 15) is 0 Å². The maximum Gasteiger partial charge on any atom is 0.0949 e. The molecule has 18 heavy (non-hydrogen) atoms. The van der Waals surface area contributed by atoms with E-state index in [-0.39, 0.29) is 12.6 Å². The molecule has 3 N–H and O–H groups in total. The molecule has 1 heterocycles. The van der Waals surface area contributed by atoms with Gasteiger partial charge in [0.2, 0.25) is 0 Å². The highest BCUT2D eigenvalue weighted by atomic mass is 16.3. The van der Waals surface area contributed by atoms with Crippen LogP contribution in [0.4, 0.5) is 0 Å². The second kappa shape index (κ2) is 6.31. The number of likely N-dealkylation sites (N-methyl/N-ethyl adjacent to an activating group) is 1. The monoisotopic (exact) mass is 252 g/mol. The minimum absolute atomic E-state index is 0.0375. The molecule has 1 atom stereocenters. The standard InChI is InChI=1S/C13H24N4O/c1-16(11-4-2-3-5-11)6-7-17-10-15-8-13(17)12(14)9-18/h8,10-12,18H,2-7,9,14H2,1H3. The minimum Gasteiger partial charge on any atom is -0.394 e. The predicted octanol–water partition coefficient (Wildman–Crippen LogP) is 0.750. The third-order valence-electron chi connectivity index (χ3n) is 3.96. The van der Waals surface area contributed by atoms with Crippen LogP contribution in [0.3, 0.4) is 0 Å². The van der Waals surface area contributed by atoms with Gasteiger partial charge in [0.15, 0.2) is 0 Å². The van der Waals surface area contributed by atoms with Crippen molar-refractivity contribution in [2.75, 3.05) is 20.2 Å². The zero-order valence-electron chi connectivity index (χ0n) is 11.1. The van der Waals surface area contributed by atoms with Gasteiger partial charge in [-0.15, -0.1) is 0 Å². The Morgan fingerprint density at radius 2 is 2.28 bits per heavy atom. The average Bonchev–Trinajstić information content (AvgIpc) is 3.05. The fourth-order valence-corrected chi connectivity index (χ4v) is 2.71. The highest BCUT2D eigenvalue weighted by Gasteiger charge is 2.19.